The van der Waals surface area contributed by atoms with Crippen LogP contribution in [0.15, 0.2) is 12.2 Å². The quantitative estimate of drug-likeness (QED) is 0.654. The molecule has 0 heterocycles. The third-order valence-corrected chi connectivity index (χ3v) is 3.42. The highest BCUT2D eigenvalue weighted by Gasteiger charge is 2.14. The van der Waals surface area contributed by atoms with Crippen LogP contribution in [-0.2, 0) is 0 Å². The van der Waals surface area contributed by atoms with Crippen LogP contribution in [-0.4, -0.2) is 12.6 Å². The molecule has 0 aromatic heterocycles. The Labute approximate surface area is 81.6 Å². The molecule has 1 saturated carbocycles. The second-order valence-corrected chi connectivity index (χ2v) is 4.49. The minimum Gasteiger partial charge on any atom is -0.314 e. The molecule has 13 heavy (non-hydrogen) atoms. The largest absolute Gasteiger partial charge is 0.314 e. The smallest absolute Gasteiger partial charge is 0.00670 e. The van der Waals surface area contributed by atoms with Crippen LogP contribution < -0.4 is 5.32 Å². The molecule has 1 atom stereocenters. The van der Waals surface area contributed by atoms with Crippen molar-refractivity contribution in [3.8, 4) is 0 Å². The van der Waals surface area contributed by atoms with Gasteiger partial charge < -0.3 is 5.32 Å². The maximum absolute atomic E-state index is 3.67. The van der Waals surface area contributed by atoms with Gasteiger partial charge in [-0.25, -0.2) is 0 Å². The number of hydrogen-bond acceptors (Lipinski definition) is 1. The van der Waals surface area contributed by atoms with Gasteiger partial charge in [0.2, 0.25) is 0 Å². The van der Waals surface area contributed by atoms with E-state index in [9.17, 15) is 0 Å². The van der Waals surface area contributed by atoms with E-state index >= 15 is 0 Å². The van der Waals surface area contributed by atoms with Gasteiger partial charge in [-0.1, -0.05) is 25.0 Å². The molecule has 1 nitrogen and oxygen atoms in total. The van der Waals surface area contributed by atoms with Gasteiger partial charge in [-0.15, -0.1) is 0 Å². The standard InChI is InChI=1S/C12H21N/c1-2-6-11(5-1)9-10-13-12-7-3-4-8-12/h1,5,11-13H,2-4,6-10H2. The van der Waals surface area contributed by atoms with Crippen LogP contribution in [0, 0.1) is 5.92 Å². The summed E-state index contributed by atoms with van der Waals surface area (Å²) < 4.78 is 0. The molecule has 1 N–H and O–H groups in total. The van der Waals surface area contributed by atoms with E-state index in [0.29, 0.717) is 0 Å². The molecule has 2 rings (SSSR count). The molecule has 0 aliphatic heterocycles. The number of nitrogens with one attached hydrogen (secondary N) is 1. The zero-order chi connectivity index (χ0) is 8.93. The third-order valence-electron chi connectivity index (χ3n) is 3.42. The van der Waals surface area contributed by atoms with Crippen molar-refractivity contribution in [2.24, 2.45) is 5.92 Å². The Morgan fingerprint density at radius 1 is 1.15 bits per heavy atom. The summed E-state index contributed by atoms with van der Waals surface area (Å²) in [5.41, 5.74) is 0. The molecule has 1 unspecified atom stereocenters. The molecular formula is C12H21N. The first-order valence-corrected chi connectivity index (χ1v) is 5.85. The summed E-state index contributed by atoms with van der Waals surface area (Å²) in [6.07, 6.45) is 14.5. The molecular weight excluding hydrogens is 158 g/mol. The van der Waals surface area contributed by atoms with Gasteiger partial charge in [0.05, 0.1) is 0 Å². The van der Waals surface area contributed by atoms with Crippen molar-refractivity contribution in [3.05, 3.63) is 12.2 Å². The van der Waals surface area contributed by atoms with Gasteiger partial charge in [0.1, 0.15) is 0 Å². The van der Waals surface area contributed by atoms with Gasteiger partial charge in [0.25, 0.3) is 0 Å². The monoisotopic (exact) mass is 179 g/mol. The summed E-state index contributed by atoms with van der Waals surface area (Å²) in [4.78, 5) is 0. The van der Waals surface area contributed by atoms with Crippen LogP contribution in [0.1, 0.15) is 44.9 Å². The van der Waals surface area contributed by atoms with Crippen molar-refractivity contribution in [3.63, 3.8) is 0 Å². The first-order chi connectivity index (χ1) is 6.45. The summed E-state index contributed by atoms with van der Waals surface area (Å²) in [5.74, 6) is 0.883. The predicted octanol–water partition coefficient (Wildman–Crippen LogP) is 2.87. The molecule has 0 spiro atoms. The third kappa shape index (κ3) is 2.84. The molecule has 2 aliphatic carbocycles. The lowest BCUT2D eigenvalue weighted by Gasteiger charge is -2.13. The highest BCUT2D eigenvalue weighted by atomic mass is 14.9. The lowest BCUT2D eigenvalue weighted by Crippen LogP contribution is -2.27. The van der Waals surface area contributed by atoms with Gasteiger partial charge in [0.15, 0.2) is 0 Å². The summed E-state index contributed by atoms with van der Waals surface area (Å²) in [6, 6.07) is 0.852. The highest BCUT2D eigenvalue weighted by Crippen LogP contribution is 2.21. The summed E-state index contributed by atoms with van der Waals surface area (Å²) >= 11 is 0. The summed E-state index contributed by atoms with van der Waals surface area (Å²) in [6.45, 7) is 1.24. The van der Waals surface area contributed by atoms with E-state index in [-0.39, 0.29) is 0 Å². The minimum atomic E-state index is 0.852. The number of allylic oxidation sites excluding steroid dienone is 2. The molecule has 0 saturated heterocycles. The topological polar surface area (TPSA) is 12.0 Å². The van der Waals surface area contributed by atoms with Crippen molar-refractivity contribution in [1.82, 2.24) is 5.32 Å². The lowest BCUT2D eigenvalue weighted by molar-refractivity contribution is 0.474. The Morgan fingerprint density at radius 2 is 2.00 bits per heavy atom. The molecule has 74 valence electrons. The van der Waals surface area contributed by atoms with Crippen molar-refractivity contribution in [2.75, 3.05) is 6.54 Å². The first-order valence-electron chi connectivity index (χ1n) is 5.85. The van der Waals surface area contributed by atoms with Crippen molar-refractivity contribution in [2.45, 2.75) is 51.0 Å². The van der Waals surface area contributed by atoms with Gasteiger partial charge in [-0.3, -0.25) is 0 Å². The van der Waals surface area contributed by atoms with Crippen molar-refractivity contribution in [1.29, 1.82) is 0 Å². The normalized spacial score (nSPS) is 28.8. The summed E-state index contributed by atoms with van der Waals surface area (Å²) in [7, 11) is 0. The van der Waals surface area contributed by atoms with E-state index < -0.39 is 0 Å². The SMILES string of the molecule is C1=CC(CCNC2CCCC2)CC1. The highest BCUT2D eigenvalue weighted by molar-refractivity contribution is 4.96. The van der Waals surface area contributed by atoms with Crippen molar-refractivity contribution < 1.29 is 0 Å². The maximum atomic E-state index is 3.67. The van der Waals surface area contributed by atoms with Gasteiger partial charge in [0, 0.05) is 6.04 Å². The molecule has 2 aliphatic rings. The van der Waals surface area contributed by atoms with E-state index in [0.717, 1.165) is 12.0 Å². The van der Waals surface area contributed by atoms with Crippen LogP contribution in [0.25, 0.3) is 0 Å². The van der Waals surface area contributed by atoms with Gasteiger partial charge >= 0.3 is 0 Å². The molecule has 0 radical (unpaired) electrons. The fraction of sp³-hybridized carbons (Fsp3) is 0.833. The van der Waals surface area contributed by atoms with Gasteiger partial charge in [-0.2, -0.15) is 0 Å². The van der Waals surface area contributed by atoms with Crippen LogP contribution in [0.3, 0.4) is 0 Å². The zero-order valence-electron chi connectivity index (χ0n) is 8.47. The first kappa shape index (κ1) is 9.26. The molecule has 1 fully saturated rings. The van der Waals surface area contributed by atoms with E-state index in [4.69, 9.17) is 0 Å². The van der Waals surface area contributed by atoms with E-state index in [2.05, 4.69) is 17.5 Å². The Kier molecular flexibility index (Phi) is 3.42. The van der Waals surface area contributed by atoms with E-state index in [1.807, 2.05) is 0 Å². The predicted molar refractivity (Wildman–Crippen MR) is 56.7 cm³/mol. The molecule has 0 aromatic carbocycles. The number of hydrogen-bond donors (Lipinski definition) is 1. The second kappa shape index (κ2) is 4.80. The van der Waals surface area contributed by atoms with Crippen LogP contribution in [0.5, 0.6) is 0 Å². The van der Waals surface area contributed by atoms with Crippen LogP contribution in [0.2, 0.25) is 0 Å². The lowest BCUT2D eigenvalue weighted by atomic mass is 10.1. The minimum absolute atomic E-state index is 0.852. The Balaban J connectivity index is 1.55. The van der Waals surface area contributed by atoms with Crippen LogP contribution >= 0.6 is 0 Å². The average molecular weight is 179 g/mol. The summed E-state index contributed by atoms with van der Waals surface area (Å²) in [5, 5.41) is 3.67. The maximum Gasteiger partial charge on any atom is 0.00670 e. The van der Waals surface area contributed by atoms with E-state index in [1.165, 1.54) is 51.5 Å². The molecule has 1 heteroatoms. The number of rotatable bonds is 4. The Morgan fingerprint density at radius 3 is 2.69 bits per heavy atom. The fourth-order valence-electron chi connectivity index (χ4n) is 2.54. The second-order valence-electron chi connectivity index (χ2n) is 4.49. The van der Waals surface area contributed by atoms with Gasteiger partial charge in [-0.05, 0) is 44.6 Å². The Hall–Kier alpha value is -0.300. The molecule has 0 amide bonds. The van der Waals surface area contributed by atoms with E-state index in [1.54, 1.807) is 0 Å². The average Bonchev–Trinajstić information content (AvgIpc) is 2.75. The van der Waals surface area contributed by atoms with Crippen LogP contribution in [0.4, 0.5) is 0 Å². The zero-order valence-corrected chi connectivity index (χ0v) is 8.47. The Bertz CT molecular complexity index is 168. The fourth-order valence-corrected chi connectivity index (χ4v) is 2.54. The van der Waals surface area contributed by atoms with Crippen molar-refractivity contribution >= 4 is 0 Å². The molecule has 0 aromatic rings. The molecule has 0 bridgehead atoms.